The minimum atomic E-state index is -1.34. The molecule has 2 N–H and O–H groups in total. The standard InChI is InChI=1S/C16H21ClN2O3.CH4/c1-10-5-11(7-12(17)6-10)8-13(14(20)9-18)19-15(21)22-16(2,3)4;/h5-7,13-14,20H,8H2,1-4H3,(H,19,21);1H4. The Hall–Kier alpha value is -1.77. The van der Waals surface area contributed by atoms with E-state index in [0.29, 0.717) is 5.02 Å². The summed E-state index contributed by atoms with van der Waals surface area (Å²) < 4.78 is 5.15. The number of hydrogen-bond donors (Lipinski definition) is 2. The number of amides is 1. The van der Waals surface area contributed by atoms with Gasteiger partial charge in [-0.15, -0.1) is 0 Å². The topological polar surface area (TPSA) is 82.3 Å². The van der Waals surface area contributed by atoms with Gasteiger partial charge in [-0.3, -0.25) is 0 Å². The molecule has 1 rings (SSSR count). The van der Waals surface area contributed by atoms with E-state index in [4.69, 9.17) is 21.6 Å². The molecule has 0 fully saturated rings. The van der Waals surface area contributed by atoms with Gasteiger partial charge in [-0.1, -0.05) is 25.1 Å². The first kappa shape index (κ1) is 21.2. The summed E-state index contributed by atoms with van der Waals surface area (Å²) >= 11 is 6.00. The number of benzene rings is 1. The van der Waals surface area contributed by atoms with Crippen molar-refractivity contribution in [3.8, 4) is 6.07 Å². The van der Waals surface area contributed by atoms with Gasteiger partial charge in [0.2, 0.25) is 0 Å². The van der Waals surface area contributed by atoms with Crippen LogP contribution in [0.15, 0.2) is 18.2 Å². The third-order valence-electron chi connectivity index (χ3n) is 2.77. The van der Waals surface area contributed by atoms with E-state index in [1.807, 2.05) is 19.1 Å². The number of rotatable bonds is 4. The monoisotopic (exact) mass is 340 g/mol. The van der Waals surface area contributed by atoms with E-state index in [-0.39, 0.29) is 13.8 Å². The van der Waals surface area contributed by atoms with E-state index in [1.165, 1.54) is 0 Å². The lowest BCUT2D eigenvalue weighted by Crippen LogP contribution is -2.46. The molecule has 1 amide bonds. The van der Waals surface area contributed by atoms with Crippen LogP contribution in [0.5, 0.6) is 0 Å². The van der Waals surface area contributed by atoms with E-state index in [0.717, 1.165) is 11.1 Å². The van der Waals surface area contributed by atoms with Crippen molar-refractivity contribution in [1.82, 2.24) is 5.32 Å². The Labute approximate surface area is 143 Å². The lowest BCUT2D eigenvalue weighted by molar-refractivity contribution is 0.0459. The van der Waals surface area contributed by atoms with E-state index in [1.54, 1.807) is 32.9 Å². The molecule has 5 nitrogen and oxygen atoms in total. The zero-order valence-corrected chi connectivity index (χ0v) is 13.9. The normalized spacial score (nSPS) is 13.3. The highest BCUT2D eigenvalue weighted by Gasteiger charge is 2.25. The Morgan fingerprint density at radius 3 is 2.52 bits per heavy atom. The van der Waals surface area contributed by atoms with Gasteiger partial charge in [-0.2, -0.15) is 5.26 Å². The van der Waals surface area contributed by atoms with Gasteiger partial charge in [-0.25, -0.2) is 4.79 Å². The van der Waals surface area contributed by atoms with Gasteiger partial charge in [0, 0.05) is 5.02 Å². The largest absolute Gasteiger partial charge is 0.444 e. The van der Waals surface area contributed by atoms with Gasteiger partial charge in [0.25, 0.3) is 0 Å². The first-order valence-electron chi connectivity index (χ1n) is 6.94. The second kappa shape index (κ2) is 8.76. The van der Waals surface area contributed by atoms with Gasteiger partial charge in [0.05, 0.1) is 12.1 Å². The molecule has 2 unspecified atom stereocenters. The smallest absolute Gasteiger partial charge is 0.408 e. The lowest BCUT2D eigenvalue weighted by Gasteiger charge is -2.24. The molecule has 1 aromatic rings. The van der Waals surface area contributed by atoms with Gasteiger partial charge in [0.1, 0.15) is 5.60 Å². The summed E-state index contributed by atoms with van der Waals surface area (Å²) in [6.07, 6.45) is -1.74. The number of nitrogens with one attached hydrogen (secondary N) is 1. The third-order valence-corrected chi connectivity index (χ3v) is 2.99. The SMILES string of the molecule is C.Cc1cc(Cl)cc(CC(NC(=O)OC(C)(C)C)C(O)C#N)c1. The maximum atomic E-state index is 11.8. The molecular weight excluding hydrogens is 316 g/mol. The van der Waals surface area contributed by atoms with Crippen LogP contribution >= 0.6 is 11.6 Å². The summed E-state index contributed by atoms with van der Waals surface area (Å²) in [6.45, 7) is 7.11. The first-order valence-corrected chi connectivity index (χ1v) is 7.32. The van der Waals surface area contributed by atoms with Crippen molar-refractivity contribution in [3.63, 3.8) is 0 Å². The number of aryl methyl sites for hydroxylation is 1. The van der Waals surface area contributed by atoms with Crippen LogP contribution in [0.25, 0.3) is 0 Å². The summed E-state index contributed by atoms with van der Waals surface area (Å²) in [6, 6.07) is 6.39. The van der Waals surface area contributed by atoms with E-state index >= 15 is 0 Å². The van der Waals surface area contributed by atoms with Crippen LogP contribution in [0, 0.1) is 18.3 Å². The first-order chi connectivity index (χ1) is 10.1. The molecule has 0 spiro atoms. The number of aliphatic hydroxyl groups excluding tert-OH is 1. The number of nitrogens with zero attached hydrogens (tertiary/aromatic N) is 1. The maximum Gasteiger partial charge on any atom is 0.408 e. The summed E-state index contributed by atoms with van der Waals surface area (Å²) in [5.74, 6) is 0. The van der Waals surface area contributed by atoms with Gasteiger partial charge in [-0.05, 0) is 57.4 Å². The van der Waals surface area contributed by atoms with E-state index in [2.05, 4.69) is 5.32 Å². The van der Waals surface area contributed by atoms with Crippen LogP contribution in [0.1, 0.15) is 39.3 Å². The summed E-state index contributed by atoms with van der Waals surface area (Å²) in [5, 5.41) is 21.8. The molecule has 0 saturated heterocycles. The zero-order chi connectivity index (χ0) is 16.9. The number of aliphatic hydroxyl groups is 1. The molecule has 0 heterocycles. The number of alkyl carbamates (subject to hydrolysis) is 1. The van der Waals surface area contributed by atoms with Gasteiger partial charge < -0.3 is 15.2 Å². The fourth-order valence-corrected chi connectivity index (χ4v) is 2.29. The number of carbonyl (C=O) groups is 1. The number of ether oxygens (including phenoxy) is 1. The molecule has 1 aromatic carbocycles. The molecule has 0 saturated carbocycles. The Bertz CT molecular complexity index is 556. The molecule has 2 atom stereocenters. The molecule has 6 heteroatoms. The van der Waals surface area contributed by atoms with E-state index in [9.17, 15) is 9.90 Å². The number of hydrogen-bond acceptors (Lipinski definition) is 4. The highest BCUT2D eigenvalue weighted by Crippen LogP contribution is 2.17. The second-order valence-corrected chi connectivity index (χ2v) is 6.60. The second-order valence-electron chi connectivity index (χ2n) is 6.17. The molecule has 0 aliphatic carbocycles. The summed E-state index contributed by atoms with van der Waals surface area (Å²) in [7, 11) is 0. The van der Waals surface area contributed by atoms with Gasteiger partial charge in [0.15, 0.2) is 6.10 Å². The lowest BCUT2D eigenvalue weighted by atomic mass is 10.0. The van der Waals surface area contributed by atoms with Crippen molar-refractivity contribution < 1.29 is 14.6 Å². The zero-order valence-electron chi connectivity index (χ0n) is 13.2. The molecule has 0 aliphatic heterocycles. The Kier molecular flexibility index (Phi) is 8.08. The van der Waals surface area contributed by atoms with Crippen LogP contribution in [0.2, 0.25) is 5.02 Å². The van der Waals surface area contributed by atoms with Crippen molar-refractivity contribution >= 4 is 17.7 Å². The molecular formula is C17H25ClN2O3. The minimum absolute atomic E-state index is 0. The fourth-order valence-electron chi connectivity index (χ4n) is 1.97. The molecule has 128 valence electrons. The Morgan fingerprint density at radius 2 is 2.04 bits per heavy atom. The van der Waals surface area contributed by atoms with Crippen molar-refractivity contribution in [2.75, 3.05) is 0 Å². The predicted molar refractivity (Wildman–Crippen MR) is 91.4 cm³/mol. The fraction of sp³-hybridized carbons (Fsp3) is 0.529. The van der Waals surface area contributed by atoms with Crippen molar-refractivity contribution in [3.05, 3.63) is 34.3 Å². The molecule has 0 radical (unpaired) electrons. The minimum Gasteiger partial charge on any atom is -0.444 e. The van der Waals surface area contributed by atoms with Crippen LogP contribution in [0.3, 0.4) is 0 Å². The van der Waals surface area contributed by atoms with Gasteiger partial charge >= 0.3 is 6.09 Å². The molecule has 23 heavy (non-hydrogen) atoms. The van der Waals surface area contributed by atoms with Crippen LogP contribution in [0.4, 0.5) is 4.79 Å². The van der Waals surface area contributed by atoms with Crippen LogP contribution in [-0.4, -0.2) is 28.9 Å². The Balaban J connectivity index is 0.00000484. The Morgan fingerprint density at radius 1 is 1.43 bits per heavy atom. The average molecular weight is 341 g/mol. The molecule has 0 bridgehead atoms. The van der Waals surface area contributed by atoms with Crippen LogP contribution in [-0.2, 0) is 11.2 Å². The van der Waals surface area contributed by atoms with E-state index < -0.39 is 23.8 Å². The predicted octanol–water partition coefficient (Wildman–Crippen LogP) is 3.60. The third kappa shape index (κ3) is 7.87. The quantitative estimate of drug-likeness (QED) is 0.820. The van der Waals surface area contributed by atoms with Crippen molar-refractivity contribution in [1.29, 1.82) is 5.26 Å². The maximum absolute atomic E-state index is 11.8. The van der Waals surface area contributed by atoms with Crippen LogP contribution < -0.4 is 5.32 Å². The highest BCUT2D eigenvalue weighted by atomic mass is 35.5. The summed E-state index contributed by atoms with van der Waals surface area (Å²) in [4.78, 5) is 11.8. The van der Waals surface area contributed by atoms with Crippen molar-refractivity contribution in [2.24, 2.45) is 0 Å². The molecule has 0 aromatic heterocycles. The number of carbonyl (C=O) groups excluding carboxylic acids is 1. The molecule has 0 aliphatic rings. The van der Waals surface area contributed by atoms with Crippen molar-refractivity contribution in [2.45, 2.75) is 59.3 Å². The average Bonchev–Trinajstić information content (AvgIpc) is 2.33. The number of halogens is 1. The summed E-state index contributed by atoms with van der Waals surface area (Å²) in [5.41, 5.74) is 1.13. The number of nitriles is 1. The highest BCUT2D eigenvalue weighted by molar-refractivity contribution is 6.30.